The average molecular weight is 350 g/mol. The van der Waals surface area contributed by atoms with Crippen molar-refractivity contribution in [3.8, 4) is 0 Å². The highest BCUT2D eigenvalue weighted by atomic mass is 79.9. The van der Waals surface area contributed by atoms with Crippen LogP contribution in [-0.2, 0) is 11.3 Å². The van der Waals surface area contributed by atoms with Crippen LogP contribution >= 0.6 is 15.9 Å². The first kappa shape index (κ1) is 14.1. The Morgan fingerprint density at radius 2 is 2.10 bits per heavy atom. The molecule has 2 aromatic rings. The molecule has 5 heteroatoms. The van der Waals surface area contributed by atoms with Crippen LogP contribution in [0.1, 0.15) is 17.0 Å². The van der Waals surface area contributed by atoms with Gasteiger partial charge in [-0.3, -0.25) is 4.79 Å². The number of carboxylic acids is 1. The lowest BCUT2D eigenvalue weighted by atomic mass is 10.0. The molecule has 0 aliphatic carbocycles. The molecule has 0 radical (unpaired) electrons. The molecule has 0 fully saturated rings. The molecule has 1 unspecified atom stereocenters. The molecule has 0 spiro atoms. The molecule has 1 aliphatic heterocycles. The predicted molar refractivity (Wildman–Crippen MR) is 82.0 cm³/mol. The van der Waals surface area contributed by atoms with Crippen LogP contribution in [0.3, 0.4) is 0 Å². The molecule has 0 saturated carbocycles. The van der Waals surface area contributed by atoms with E-state index in [0.29, 0.717) is 18.7 Å². The van der Waals surface area contributed by atoms with Crippen LogP contribution in [0.15, 0.2) is 46.9 Å². The summed E-state index contributed by atoms with van der Waals surface area (Å²) in [5, 5.41) is 9.33. The number of anilines is 1. The van der Waals surface area contributed by atoms with Crippen molar-refractivity contribution in [3.63, 3.8) is 0 Å². The summed E-state index contributed by atoms with van der Waals surface area (Å²) in [5.74, 6) is -1.69. The van der Waals surface area contributed by atoms with E-state index in [9.17, 15) is 14.3 Å². The summed E-state index contributed by atoms with van der Waals surface area (Å²) >= 11 is 3.33. The molecule has 1 N–H and O–H groups in total. The van der Waals surface area contributed by atoms with Gasteiger partial charge in [-0.2, -0.15) is 0 Å². The van der Waals surface area contributed by atoms with Crippen molar-refractivity contribution in [2.75, 3.05) is 11.4 Å². The molecule has 3 rings (SSSR count). The Hall–Kier alpha value is -1.88. The summed E-state index contributed by atoms with van der Waals surface area (Å²) in [6.45, 7) is 0.715. The van der Waals surface area contributed by atoms with E-state index < -0.39 is 11.9 Å². The summed E-state index contributed by atoms with van der Waals surface area (Å²) in [7, 11) is 0. The lowest BCUT2D eigenvalue weighted by molar-refractivity contribution is -0.138. The molecule has 0 amide bonds. The molecule has 1 aliphatic rings. The SMILES string of the molecule is O=C(O)C1CN(Cc2cc(Br)ccc2F)c2ccccc21. The zero-order chi connectivity index (χ0) is 15.0. The van der Waals surface area contributed by atoms with Crippen molar-refractivity contribution in [1.29, 1.82) is 0 Å². The van der Waals surface area contributed by atoms with Gasteiger partial charge in [-0.05, 0) is 29.8 Å². The first-order valence-electron chi connectivity index (χ1n) is 6.57. The van der Waals surface area contributed by atoms with Gasteiger partial charge in [-0.25, -0.2) is 4.39 Å². The Morgan fingerprint density at radius 1 is 1.33 bits per heavy atom. The van der Waals surface area contributed by atoms with Crippen LogP contribution in [-0.4, -0.2) is 17.6 Å². The van der Waals surface area contributed by atoms with Gasteiger partial charge in [0, 0.05) is 28.8 Å². The molecule has 108 valence electrons. The van der Waals surface area contributed by atoms with Gasteiger partial charge in [0.1, 0.15) is 11.7 Å². The molecular weight excluding hydrogens is 337 g/mol. The molecule has 2 aromatic carbocycles. The van der Waals surface area contributed by atoms with E-state index in [1.807, 2.05) is 29.2 Å². The molecule has 21 heavy (non-hydrogen) atoms. The number of hydrogen-bond donors (Lipinski definition) is 1. The molecule has 0 bridgehead atoms. The van der Waals surface area contributed by atoms with E-state index >= 15 is 0 Å². The second-order valence-corrected chi connectivity index (χ2v) is 5.98. The van der Waals surface area contributed by atoms with Crippen LogP contribution in [0.4, 0.5) is 10.1 Å². The lowest BCUT2D eigenvalue weighted by Gasteiger charge is -2.20. The molecule has 1 heterocycles. The summed E-state index contributed by atoms with van der Waals surface area (Å²) in [5.41, 5.74) is 2.20. The number of rotatable bonds is 3. The second-order valence-electron chi connectivity index (χ2n) is 5.07. The van der Waals surface area contributed by atoms with E-state index in [1.165, 1.54) is 6.07 Å². The maximum Gasteiger partial charge on any atom is 0.312 e. The number of nitrogens with zero attached hydrogens (tertiary/aromatic N) is 1. The number of carboxylic acid groups (broad SMARTS) is 1. The second kappa shape index (κ2) is 5.48. The normalized spacial score (nSPS) is 16.9. The van der Waals surface area contributed by atoms with Crippen LogP contribution in [0.25, 0.3) is 0 Å². The van der Waals surface area contributed by atoms with Crippen molar-refractivity contribution in [2.24, 2.45) is 0 Å². The van der Waals surface area contributed by atoms with Gasteiger partial charge < -0.3 is 10.0 Å². The fourth-order valence-corrected chi connectivity index (χ4v) is 3.13. The van der Waals surface area contributed by atoms with Crippen molar-refractivity contribution < 1.29 is 14.3 Å². The van der Waals surface area contributed by atoms with E-state index in [-0.39, 0.29) is 5.82 Å². The third kappa shape index (κ3) is 2.65. The van der Waals surface area contributed by atoms with Gasteiger partial charge in [0.15, 0.2) is 0 Å². The van der Waals surface area contributed by atoms with Gasteiger partial charge in [-0.15, -0.1) is 0 Å². The summed E-state index contributed by atoms with van der Waals surface area (Å²) in [4.78, 5) is 13.3. The van der Waals surface area contributed by atoms with Crippen LogP contribution in [0.5, 0.6) is 0 Å². The maximum absolute atomic E-state index is 13.9. The number of carbonyl (C=O) groups is 1. The summed E-state index contributed by atoms with van der Waals surface area (Å²) in [6.07, 6.45) is 0. The molecule has 0 saturated heterocycles. The highest BCUT2D eigenvalue weighted by Crippen LogP contribution is 2.37. The highest BCUT2D eigenvalue weighted by Gasteiger charge is 2.33. The third-order valence-corrected chi connectivity index (χ3v) is 4.22. The third-order valence-electron chi connectivity index (χ3n) is 3.72. The number of benzene rings is 2. The smallest absolute Gasteiger partial charge is 0.312 e. The Labute approximate surface area is 130 Å². The Morgan fingerprint density at radius 3 is 2.86 bits per heavy atom. The van der Waals surface area contributed by atoms with Gasteiger partial charge in [0.25, 0.3) is 0 Å². The first-order valence-corrected chi connectivity index (χ1v) is 7.36. The minimum atomic E-state index is -0.848. The molecule has 3 nitrogen and oxygen atoms in total. The Kier molecular flexibility index (Phi) is 3.68. The number of halogens is 2. The highest BCUT2D eigenvalue weighted by molar-refractivity contribution is 9.10. The van der Waals surface area contributed by atoms with Crippen molar-refractivity contribution in [1.82, 2.24) is 0 Å². The minimum Gasteiger partial charge on any atom is -0.481 e. The van der Waals surface area contributed by atoms with E-state index in [0.717, 1.165) is 15.7 Å². The predicted octanol–water partition coefficient (Wildman–Crippen LogP) is 3.78. The Bertz CT molecular complexity index is 704. The minimum absolute atomic E-state index is 0.283. The van der Waals surface area contributed by atoms with Crippen LogP contribution < -0.4 is 4.90 Å². The van der Waals surface area contributed by atoms with Crippen LogP contribution in [0, 0.1) is 5.82 Å². The first-order chi connectivity index (χ1) is 10.1. The number of hydrogen-bond acceptors (Lipinski definition) is 2. The monoisotopic (exact) mass is 349 g/mol. The van der Waals surface area contributed by atoms with Gasteiger partial charge in [0.2, 0.25) is 0 Å². The van der Waals surface area contributed by atoms with Crippen molar-refractivity contribution >= 4 is 27.6 Å². The van der Waals surface area contributed by atoms with Crippen molar-refractivity contribution in [2.45, 2.75) is 12.5 Å². The fourth-order valence-electron chi connectivity index (χ4n) is 2.72. The summed E-state index contributed by atoms with van der Waals surface area (Å²) < 4.78 is 14.7. The summed E-state index contributed by atoms with van der Waals surface area (Å²) in [6, 6.07) is 12.2. The van der Waals surface area contributed by atoms with E-state index in [2.05, 4.69) is 15.9 Å². The van der Waals surface area contributed by atoms with Gasteiger partial charge in [0.05, 0.1) is 0 Å². The quantitative estimate of drug-likeness (QED) is 0.916. The topological polar surface area (TPSA) is 40.5 Å². The zero-order valence-corrected chi connectivity index (χ0v) is 12.7. The molecule has 0 aromatic heterocycles. The fraction of sp³-hybridized carbons (Fsp3) is 0.188. The molecule has 1 atom stereocenters. The van der Waals surface area contributed by atoms with E-state index in [1.54, 1.807) is 12.1 Å². The van der Waals surface area contributed by atoms with Gasteiger partial charge in [-0.1, -0.05) is 34.1 Å². The maximum atomic E-state index is 13.9. The number of fused-ring (bicyclic) bond motifs is 1. The van der Waals surface area contributed by atoms with Crippen molar-refractivity contribution in [3.05, 3.63) is 63.9 Å². The number of aliphatic carboxylic acids is 1. The number of para-hydroxylation sites is 1. The standard InChI is InChI=1S/C16H13BrFNO2/c17-11-5-6-14(18)10(7-11)8-19-9-13(16(20)21)12-3-1-2-4-15(12)19/h1-7,13H,8-9H2,(H,20,21). The molecular formula is C16H13BrFNO2. The Balaban J connectivity index is 1.94. The van der Waals surface area contributed by atoms with Crippen LogP contribution in [0.2, 0.25) is 0 Å². The lowest BCUT2D eigenvalue weighted by Crippen LogP contribution is -2.24. The zero-order valence-electron chi connectivity index (χ0n) is 11.1. The average Bonchev–Trinajstić information content (AvgIpc) is 2.82. The largest absolute Gasteiger partial charge is 0.481 e. The van der Waals surface area contributed by atoms with E-state index in [4.69, 9.17) is 0 Å². The van der Waals surface area contributed by atoms with Gasteiger partial charge >= 0.3 is 5.97 Å².